The Morgan fingerprint density at radius 1 is 1.33 bits per heavy atom. The van der Waals surface area contributed by atoms with E-state index in [4.69, 9.17) is 20.4 Å². The minimum absolute atomic E-state index is 0. The predicted octanol–water partition coefficient (Wildman–Crippen LogP) is 1.43. The third-order valence-corrected chi connectivity index (χ3v) is 3.61. The van der Waals surface area contributed by atoms with Crippen LogP contribution in [0, 0.1) is 0 Å². The maximum absolute atomic E-state index is 11.4. The third kappa shape index (κ3) is 10.8. The molecular weight excluding hydrogens is 397 g/mol. The number of carbonyl (C=O) groups excluding carboxylic acids is 1. The van der Waals surface area contributed by atoms with Gasteiger partial charge in [0.05, 0.1) is 0 Å². The van der Waals surface area contributed by atoms with E-state index in [1.165, 1.54) is 6.08 Å². The Morgan fingerprint density at radius 3 is 2.30 bits per heavy atom. The van der Waals surface area contributed by atoms with Gasteiger partial charge in [-0.2, -0.15) is 13.2 Å². The van der Waals surface area contributed by atoms with Crippen LogP contribution in [0.3, 0.4) is 0 Å². The molecule has 0 aromatic heterocycles. The number of likely N-dealkylation sites (tertiary alicyclic amines) is 1. The van der Waals surface area contributed by atoms with Crippen LogP contribution in [0.5, 0.6) is 0 Å². The fraction of sp³-hybridized carbons (Fsp3) is 0.667. The number of aliphatic carboxylic acids is 2. The van der Waals surface area contributed by atoms with Gasteiger partial charge in [0.25, 0.3) is 0 Å². The van der Waals surface area contributed by atoms with Crippen LogP contribution in [0.2, 0.25) is 0 Å². The molecular formula is C15H24ClF3N2O6. The van der Waals surface area contributed by atoms with Crippen LogP contribution in [-0.4, -0.2) is 71.0 Å². The van der Waals surface area contributed by atoms with E-state index in [9.17, 15) is 27.9 Å². The molecule has 1 rings (SSSR count). The van der Waals surface area contributed by atoms with E-state index in [0.717, 1.165) is 19.4 Å². The third-order valence-electron chi connectivity index (χ3n) is 3.61. The largest absolute Gasteiger partial charge is 0.490 e. The standard InChI is InChI=1S/C13H22N2O4.C2HF3O2.ClH/c1-2-8-19-12(16)6-5-11(13(17)18)15-7-3-4-10(15)9-14;3-2(4,5)1(6)7;/h2,10-11H,1,3-9,14H2,(H,17,18);(H,6,7);1H/t10-,11?;;/m0../s1. The molecule has 1 fully saturated rings. The van der Waals surface area contributed by atoms with Gasteiger partial charge in [-0.15, -0.1) is 12.4 Å². The van der Waals surface area contributed by atoms with Gasteiger partial charge in [-0.1, -0.05) is 12.7 Å². The smallest absolute Gasteiger partial charge is 0.480 e. The van der Waals surface area contributed by atoms with Crippen molar-refractivity contribution in [3.63, 3.8) is 0 Å². The van der Waals surface area contributed by atoms with Crippen molar-refractivity contribution in [1.29, 1.82) is 0 Å². The van der Waals surface area contributed by atoms with E-state index in [2.05, 4.69) is 6.58 Å². The molecule has 0 spiro atoms. The molecule has 1 aliphatic rings. The average molecular weight is 421 g/mol. The first-order valence-corrected chi connectivity index (χ1v) is 7.79. The number of nitrogens with two attached hydrogens (primary N) is 1. The van der Waals surface area contributed by atoms with Gasteiger partial charge in [0.15, 0.2) is 0 Å². The second-order valence-corrected chi connectivity index (χ2v) is 5.44. The molecule has 0 amide bonds. The zero-order valence-corrected chi connectivity index (χ0v) is 15.3. The first-order chi connectivity index (χ1) is 12.0. The highest BCUT2D eigenvalue weighted by molar-refractivity contribution is 5.85. The Labute approximate surface area is 160 Å². The molecule has 0 aromatic carbocycles. The summed E-state index contributed by atoms with van der Waals surface area (Å²) in [6.07, 6.45) is -1.38. The molecule has 0 saturated carbocycles. The maximum Gasteiger partial charge on any atom is 0.490 e. The van der Waals surface area contributed by atoms with Crippen molar-refractivity contribution in [2.75, 3.05) is 19.7 Å². The van der Waals surface area contributed by atoms with E-state index < -0.39 is 30.1 Å². The summed E-state index contributed by atoms with van der Waals surface area (Å²) in [5.41, 5.74) is 5.65. The monoisotopic (exact) mass is 420 g/mol. The number of esters is 1. The van der Waals surface area contributed by atoms with Crippen molar-refractivity contribution in [3.8, 4) is 0 Å². The molecule has 0 aliphatic carbocycles. The lowest BCUT2D eigenvalue weighted by Crippen LogP contribution is -2.47. The first kappa shape index (κ1) is 27.4. The fourth-order valence-electron chi connectivity index (χ4n) is 2.43. The van der Waals surface area contributed by atoms with Gasteiger partial charge in [0.1, 0.15) is 12.6 Å². The van der Waals surface area contributed by atoms with Crippen LogP contribution in [0.15, 0.2) is 12.7 Å². The molecule has 1 heterocycles. The van der Waals surface area contributed by atoms with E-state index in [1.54, 1.807) is 0 Å². The summed E-state index contributed by atoms with van der Waals surface area (Å²) in [4.78, 5) is 33.5. The number of carboxylic acids is 2. The van der Waals surface area contributed by atoms with Crippen molar-refractivity contribution < 1.29 is 42.5 Å². The van der Waals surface area contributed by atoms with Crippen molar-refractivity contribution in [3.05, 3.63) is 12.7 Å². The second kappa shape index (κ2) is 13.3. The number of halogens is 4. The van der Waals surface area contributed by atoms with E-state index in [0.29, 0.717) is 6.54 Å². The van der Waals surface area contributed by atoms with Crippen LogP contribution in [-0.2, 0) is 19.1 Å². The highest BCUT2D eigenvalue weighted by atomic mass is 35.5. The van der Waals surface area contributed by atoms with Gasteiger partial charge < -0.3 is 20.7 Å². The average Bonchev–Trinajstić information content (AvgIpc) is 3.00. The van der Waals surface area contributed by atoms with Crippen molar-refractivity contribution in [2.24, 2.45) is 5.73 Å². The van der Waals surface area contributed by atoms with Gasteiger partial charge in [-0.25, -0.2) is 4.79 Å². The number of carbonyl (C=O) groups is 3. The van der Waals surface area contributed by atoms with Gasteiger partial charge in [-0.05, 0) is 25.8 Å². The van der Waals surface area contributed by atoms with Gasteiger partial charge >= 0.3 is 24.1 Å². The lowest BCUT2D eigenvalue weighted by molar-refractivity contribution is -0.192. The number of ether oxygens (including phenoxy) is 1. The fourth-order valence-corrected chi connectivity index (χ4v) is 2.43. The van der Waals surface area contributed by atoms with Gasteiger partial charge in [-0.3, -0.25) is 14.5 Å². The van der Waals surface area contributed by atoms with Crippen LogP contribution in [0.4, 0.5) is 13.2 Å². The summed E-state index contributed by atoms with van der Waals surface area (Å²) in [7, 11) is 0. The first-order valence-electron chi connectivity index (χ1n) is 7.79. The molecule has 0 aromatic rings. The topological polar surface area (TPSA) is 130 Å². The lowest BCUT2D eigenvalue weighted by Gasteiger charge is -2.29. The van der Waals surface area contributed by atoms with Crippen molar-refractivity contribution >= 4 is 30.3 Å². The number of hydrogen-bond acceptors (Lipinski definition) is 6. The Bertz CT molecular complexity index is 504. The van der Waals surface area contributed by atoms with Gasteiger partial charge in [0.2, 0.25) is 0 Å². The van der Waals surface area contributed by atoms with E-state index in [-0.39, 0.29) is 37.9 Å². The molecule has 1 aliphatic heterocycles. The Morgan fingerprint density at radius 2 is 1.89 bits per heavy atom. The zero-order chi connectivity index (χ0) is 20.3. The SMILES string of the molecule is C=CCOC(=O)CCC(C(=O)O)N1CCC[C@H]1CN.Cl.O=C(O)C(F)(F)F. The molecule has 1 unspecified atom stereocenters. The number of hydrogen-bond donors (Lipinski definition) is 3. The highest BCUT2D eigenvalue weighted by Crippen LogP contribution is 2.22. The summed E-state index contributed by atoms with van der Waals surface area (Å²) < 4.78 is 36.6. The van der Waals surface area contributed by atoms with E-state index >= 15 is 0 Å². The minimum atomic E-state index is -5.08. The number of rotatable bonds is 8. The Kier molecular flexibility index (Phi) is 13.5. The molecule has 158 valence electrons. The molecule has 2 atom stereocenters. The van der Waals surface area contributed by atoms with Crippen LogP contribution >= 0.6 is 12.4 Å². The van der Waals surface area contributed by atoms with Gasteiger partial charge in [0, 0.05) is 19.0 Å². The molecule has 0 radical (unpaired) electrons. The van der Waals surface area contributed by atoms with E-state index in [1.807, 2.05) is 4.90 Å². The number of carboxylic acid groups (broad SMARTS) is 2. The molecule has 0 bridgehead atoms. The minimum Gasteiger partial charge on any atom is -0.480 e. The summed E-state index contributed by atoms with van der Waals surface area (Å²) in [5, 5.41) is 16.4. The highest BCUT2D eigenvalue weighted by Gasteiger charge is 2.38. The summed E-state index contributed by atoms with van der Waals surface area (Å²) >= 11 is 0. The summed E-state index contributed by atoms with van der Waals surface area (Å²) in [5.74, 6) is -4.06. The molecule has 1 saturated heterocycles. The molecule has 12 heteroatoms. The predicted molar refractivity (Wildman–Crippen MR) is 91.5 cm³/mol. The van der Waals surface area contributed by atoms with Crippen LogP contribution in [0.1, 0.15) is 25.7 Å². The molecule has 8 nitrogen and oxygen atoms in total. The Hall–Kier alpha value is -1.85. The van der Waals surface area contributed by atoms with Crippen molar-refractivity contribution in [2.45, 2.75) is 43.9 Å². The second-order valence-electron chi connectivity index (χ2n) is 5.44. The molecule has 27 heavy (non-hydrogen) atoms. The maximum atomic E-state index is 11.4. The van der Waals surface area contributed by atoms with Crippen LogP contribution in [0.25, 0.3) is 0 Å². The summed E-state index contributed by atoms with van der Waals surface area (Å²) in [6.45, 7) is 4.78. The number of nitrogens with zero attached hydrogens (tertiary/aromatic N) is 1. The lowest BCUT2D eigenvalue weighted by atomic mass is 10.1. The zero-order valence-electron chi connectivity index (χ0n) is 14.5. The molecule has 4 N–H and O–H groups in total. The van der Waals surface area contributed by atoms with Crippen molar-refractivity contribution in [1.82, 2.24) is 4.90 Å². The normalized spacial score (nSPS) is 17.7. The quantitative estimate of drug-likeness (QED) is 0.397. The Balaban J connectivity index is 0. The summed E-state index contributed by atoms with van der Waals surface area (Å²) in [6, 6.07) is -0.558. The number of alkyl halides is 3. The van der Waals surface area contributed by atoms with Crippen LogP contribution < -0.4 is 5.73 Å².